The van der Waals surface area contributed by atoms with Crippen molar-refractivity contribution in [3.05, 3.63) is 45.5 Å². The number of halogens is 2. The van der Waals surface area contributed by atoms with Crippen LogP contribution in [0.1, 0.15) is 31.2 Å². The minimum atomic E-state index is 0.199. The largest absolute Gasteiger partial charge is 0.324 e. The molecule has 1 aromatic carbocycles. The first-order valence-electron chi connectivity index (χ1n) is 6.05. The Bertz CT molecular complexity index is 426. The highest BCUT2D eigenvalue weighted by Gasteiger charge is 2.11. The molecule has 0 aromatic heterocycles. The van der Waals surface area contributed by atoms with Crippen molar-refractivity contribution in [1.82, 2.24) is 0 Å². The van der Waals surface area contributed by atoms with E-state index in [1.54, 1.807) is 0 Å². The summed E-state index contributed by atoms with van der Waals surface area (Å²) in [7, 11) is 0. The third-order valence-corrected chi connectivity index (χ3v) is 4.04. The Morgan fingerprint density at radius 3 is 2.88 bits per heavy atom. The molecule has 2 rings (SSSR count). The van der Waals surface area contributed by atoms with E-state index in [-0.39, 0.29) is 6.04 Å². The van der Waals surface area contributed by atoms with Crippen LogP contribution in [0, 0.1) is 0 Å². The maximum absolute atomic E-state index is 6.20. The summed E-state index contributed by atoms with van der Waals surface area (Å²) >= 11 is 12.2. The monoisotopic (exact) mass is 269 g/mol. The van der Waals surface area contributed by atoms with Gasteiger partial charge in [-0.1, -0.05) is 53.4 Å². The maximum atomic E-state index is 6.20. The van der Waals surface area contributed by atoms with Crippen molar-refractivity contribution in [2.24, 2.45) is 5.73 Å². The molecule has 1 aliphatic rings. The van der Waals surface area contributed by atoms with Gasteiger partial charge < -0.3 is 5.73 Å². The van der Waals surface area contributed by atoms with Crippen LogP contribution in [0.15, 0.2) is 29.8 Å². The molecule has 2 N–H and O–H groups in total. The lowest BCUT2D eigenvalue weighted by Crippen LogP contribution is -2.16. The Balaban J connectivity index is 2.17. The second-order valence-corrected chi connectivity index (χ2v) is 5.41. The minimum Gasteiger partial charge on any atom is -0.324 e. The van der Waals surface area contributed by atoms with Crippen molar-refractivity contribution >= 4 is 23.2 Å². The summed E-state index contributed by atoms with van der Waals surface area (Å²) in [5, 5.41) is 1.30. The van der Waals surface area contributed by atoms with Crippen molar-refractivity contribution in [2.75, 3.05) is 0 Å². The lowest BCUT2D eigenvalue weighted by molar-refractivity contribution is 0.654. The predicted octanol–water partition coefficient (Wildman–Crippen LogP) is 4.36. The molecule has 1 unspecified atom stereocenters. The molecule has 1 aromatic rings. The summed E-state index contributed by atoms with van der Waals surface area (Å²) in [5.74, 6) is 0. The Morgan fingerprint density at radius 1 is 1.24 bits per heavy atom. The van der Waals surface area contributed by atoms with Gasteiger partial charge in [0, 0.05) is 6.04 Å². The van der Waals surface area contributed by atoms with Crippen LogP contribution in [-0.2, 0) is 6.42 Å². The Kier molecular flexibility index (Phi) is 4.49. The van der Waals surface area contributed by atoms with Gasteiger partial charge in [0.2, 0.25) is 0 Å². The van der Waals surface area contributed by atoms with Gasteiger partial charge >= 0.3 is 0 Å². The van der Waals surface area contributed by atoms with E-state index < -0.39 is 0 Å². The van der Waals surface area contributed by atoms with Crippen molar-refractivity contribution in [2.45, 2.75) is 38.1 Å². The molecule has 17 heavy (non-hydrogen) atoms. The second kappa shape index (κ2) is 5.90. The summed E-state index contributed by atoms with van der Waals surface area (Å²) in [6.07, 6.45) is 7.71. The van der Waals surface area contributed by atoms with Gasteiger partial charge in [0.05, 0.1) is 10.0 Å². The fraction of sp³-hybridized carbons (Fsp3) is 0.429. The van der Waals surface area contributed by atoms with Gasteiger partial charge in [-0.3, -0.25) is 0 Å². The maximum Gasteiger partial charge on any atom is 0.0627 e. The average Bonchev–Trinajstić information content (AvgIpc) is 2.49. The first-order chi connectivity index (χ1) is 8.16. The Labute approximate surface area is 113 Å². The SMILES string of the molecule is NC1C=C(Cc2cccc(Cl)c2Cl)CCCC1. The van der Waals surface area contributed by atoms with Gasteiger partial charge in [-0.05, 0) is 37.3 Å². The van der Waals surface area contributed by atoms with E-state index in [9.17, 15) is 0 Å². The molecule has 0 amide bonds. The molecule has 0 spiro atoms. The smallest absolute Gasteiger partial charge is 0.0627 e. The molecule has 0 saturated heterocycles. The van der Waals surface area contributed by atoms with Gasteiger partial charge in [-0.15, -0.1) is 0 Å². The number of nitrogens with two attached hydrogens (primary N) is 1. The summed E-state index contributed by atoms with van der Waals surface area (Å²) in [4.78, 5) is 0. The fourth-order valence-electron chi connectivity index (χ4n) is 2.28. The Morgan fingerprint density at radius 2 is 2.06 bits per heavy atom. The lowest BCUT2D eigenvalue weighted by atomic mass is 10.0. The quantitative estimate of drug-likeness (QED) is 0.794. The summed E-state index contributed by atoms with van der Waals surface area (Å²) < 4.78 is 0. The van der Waals surface area contributed by atoms with Gasteiger partial charge in [0.25, 0.3) is 0 Å². The third-order valence-electron chi connectivity index (χ3n) is 3.18. The average molecular weight is 270 g/mol. The van der Waals surface area contributed by atoms with Crippen LogP contribution in [0.3, 0.4) is 0 Å². The fourth-order valence-corrected chi connectivity index (χ4v) is 2.67. The second-order valence-electron chi connectivity index (χ2n) is 4.62. The lowest BCUT2D eigenvalue weighted by Gasteiger charge is -2.09. The zero-order valence-corrected chi connectivity index (χ0v) is 11.3. The standard InChI is InChI=1S/C14H17Cl2N/c15-13-7-3-5-11(14(13)16)8-10-4-1-2-6-12(17)9-10/h3,5,7,9,12H,1-2,4,6,8,17H2. The molecule has 3 heteroatoms. The molecule has 0 radical (unpaired) electrons. The number of rotatable bonds is 2. The van der Waals surface area contributed by atoms with Crippen molar-refractivity contribution < 1.29 is 0 Å². The van der Waals surface area contributed by atoms with Gasteiger partial charge in [-0.2, -0.15) is 0 Å². The molecule has 1 atom stereocenters. The zero-order chi connectivity index (χ0) is 12.3. The Hall–Kier alpha value is -0.500. The van der Waals surface area contributed by atoms with Crippen molar-refractivity contribution in [3.63, 3.8) is 0 Å². The van der Waals surface area contributed by atoms with E-state index in [4.69, 9.17) is 28.9 Å². The number of hydrogen-bond acceptors (Lipinski definition) is 1. The highest BCUT2D eigenvalue weighted by atomic mass is 35.5. The van der Waals surface area contributed by atoms with Crippen LogP contribution < -0.4 is 5.73 Å². The number of allylic oxidation sites excluding steroid dienone is 1. The van der Waals surface area contributed by atoms with Crippen molar-refractivity contribution in [3.8, 4) is 0 Å². The normalized spacial score (nSPS) is 20.9. The number of benzene rings is 1. The van der Waals surface area contributed by atoms with E-state index >= 15 is 0 Å². The number of hydrogen-bond donors (Lipinski definition) is 1. The topological polar surface area (TPSA) is 26.0 Å². The molecular weight excluding hydrogens is 253 g/mol. The summed E-state index contributed by atoms with van der Waals surface area (Å²) in [5.41, 5.74) is 8.50. The zero-order valence-electron chi connectivity index (χ0n) is 9.76. The molecule has 1 nitrogen and oxygen atoms in total. The highest BCUT2D eigenvalue weighted by Crippen LogP contribution is 2.29. The minimum absolute atomic E-state index is 0.199. The highest BCUT2D eigenvalue weighted by molar-refractivity contribution is 6.42. The van der Waals surface area contributed by atoms with Crippen LogP contribution in [0.5, 0.6) is 0 Å². The van der Waals surface area contributed by atoms with E-state index in [1.807, 2.05) is 18.2 Å². The molecule has 0 bridgehead atoms. The van der Waals surface area contributed by atoms with E-state index in [0.29, 0.717) is 10.0 Å². The van der Waals surface area contributed by atoms with E-state index in [0.717, 1.165) is 24.8 Å². The van der Waals surface area contributed by atoms with Crippen LogP contribution in [0.25, 0.3) is 0 Å². The van der Waals surface area contributed by atoms with Crippen LogP contribution in [0.2, 0.25) is 10.0 Å². The van der Waals surface area contributed by atoms with Gasteiger partial charge in [0.1, 0.15) is 0 Å². The first kappa shape index (κ1) is 12.9. The third kappa shape index (κ3) is 3.48. The van der Waals surface area contributed by atoms with Crippen molar-refractivity contribution in [1.29, 1.82) is 0 Å². The summed E-state index contributed by atoms with van der Waals surface area (Å²) in [6.45, 7) is 0. The molecule has 0 heterocycles. The van der Waals surface area contributed by atoms with Gasteiger partial charge in [0.15, 0.2) is 0 Å². The summed E-state index contributed by atoms with van der Waals surface area (Å²) in [6, 6.07) is 6.00. The molecular formula is C14H17Cl2N. The van der Waals surface area contributed by atoms with Gasteiger partial charge in [-0.25, -0.2) is 0 Å². The van der Waals surface area contributed by atoms with Crippen LogP contribution in [0.4, 0.5) is 0 Å². The molecule has 92 valence electrons. The predicted molar refractivity (Wildman–Crippen MR) is 74.7 cm³/mol. The van der Waals surface area contributed by atoms with E-state index in [1.165, 1.54) is 18.4 Å². The molecule has 0 fully saturated rings. The first-order valence-corrected chi connectivity index (χ1v) is 6.80. The molecule has 1 aliphatic carbocycles. The van der Waals surface area contributed by atoms with Crippen LogP contribution in [-0.4, -0.2) is 6.04 Å². The van der Waals surface area contributed by atoms with E-state index in [2.05, 4.69) is 6.08 Å². The molecule has 0 saturated carbocycles. The van der Waals surface area contributed by atoms with Crippen LogP contribution >= 0.6 is 23.2 Å². The molecule has 0 aliphatic heterocycles.